The minimum Gasteiger partial charge on any atom is -0.461 e. The Kier molecular flexibility index (Phi) is 3.50. The van der Waals surface area contributed by atoms with Gasteiger partial charge in [-0.25, -0.2) is 0 Å². The molecule has 2 saturated heterocycles. The van der Waals surface area contributed by atoms with Crippen molar-refractivity contribution in [2.75, 3.05) is 0 Å². The zero-order valence-corrected chi connectivity index (χ0v) is 12.5. The molecular weight excluding hydrogens is 361 g/mol. The molecule has 2 aliphatic heterocycles. The van der Waals surface area contributed by atoms with E-state index in [1.165, 1.54) is 0 Å². The average molecular weight is 375 g/mol. The maximum Gasteiger partial charge on any atom is 0.326 e. The molecule has 2 aliphatic rings. The van der Waals surface area contributed by atoms with Crippen molar-refractivity contribution in [3.05, 3.63) is 33.4 Å². The van der Waals surface area contributed by atoms with E-state index in [1.807, 2.05) is 24.3 Å². The number of cyclic esters (lactones) is 1. The highest BCUT2D eigenvalue weighted by atomic mass is 127. The first-order valence-corrected chi connectivity index (χ1v) is 7.21. The number of nitrogens with zero attached hydrogens (tertiary/aromatic N) is 1. The third-order valence-corrected chi connectivity index (χ3v) is 4.67. The zero-order valence-electron chi connectivity index (χ0n) is 10.3. The molecule has 0 aromatic heterocycles. The van der Waals surface area contributed by atoms with Gasteiger partial charge in [0.15, 0.2) is 6.29 Å². The molecule has 3 rings (SSSR count). The quantitative estimate of drug-likeness (QED) is 0.624. The van der Waals surface area contributed by atoms with Crippen molar-refractivity contribution in [1.29, 1.82) is 0 Å². The van der Waals surface area contributed by atoms with Gasteiger partial charge in [-0.1, -0.05) is 18.2 Å². The molecule has 0 aliphatic carbocycles. The van der Waals surface area contributed by atoms with E-state index in [0.717, 1.165) is 9.13 Å². The van der Waals surface area contributed by atoms with E-state index in [2.05, 4.69) is 22.6 Å². The Balaban J connectivity index is 1.83. The maximum atomic E-state index is 11.8. The first-order valence-electron chi connectivity index (χ1n) is 6.13. The molecule has 102 valence electrons. The van der Waals surface area contributed by atoms with Crippen LogP contribution in [-0.4, -0.2) is 34.6 Å². The number of carbonyl (C=O) groups is 1. The standard InChI is InChI=1S/C13H14INO4/c1-7-10-11(13(17)18-7)15(19-12(10)16)6-8-4-2-3-5-9(8)14/h2-5,7,10-12,16H,6H2,1H3/t7-,10-,11-,12?/m0/s1. The number of aliphatic hydroxyl groups is 1. The summed E-state index contributed by atoms with van der Waals surface area (Å²) in [5, 5.41) is 11.4. The Morgan fingerprint density at radius 3 is 2.89 bits per heavy atom. The van der Waals surface area contributed by atoms with Gasteiger partial charge in [-0.2, -0.15) is 5.06 Å². The van der Waals surface area contributed by atoms with Crippen LogP contribution < -0.4 is 0 Å². The molecule has 0 amide bonds. The van der Waals surface area contributed by atoms with Crippen LogP contribution in [0.2, 0.25) is 0 Å². The predicted octanol–water partition coefficient (Wildman–Crippen LogP) is 1.29. The molecule has 19 heavy (non-hydrogen) atoms. The van der Waals surface area contributed by atoms with Gasteiger partial charge in [-0.15, -0.1) is 0 Å². The van der Waals surface area contributed by atoms with Crippen molar-refractivity contribution in [3.63, 3.8) is 0 Å². The number of halogens is 1. The van der Waals surface area contributed by atoms with Gasteiger partial charge in [-0.3, -0.25) is 9.63 Å². The van der Waals surface area contributed by atoms with Crippen molar-refractivity contribution in [2.24, 2.45) is 5.92 Å². The minimum atomic E-state index is -0.979. The van der Waals surface area contributed by atoms with E-state index < -0.39 is 12.3 Å². The lowest BCUT2D eigenvalue weighted by molar-refractivity contribution is -0.240. The van der Waals surface area contributed by atoms with Crippen LogP contribution in [0.3, 0.4) is 0 Å². The van der Waals surface area contributed by atoms with Crippen LogP contribution in [0.15, 0.2) is 24.3 Å². The van der Waals surface area contributed by atoms with Crippen LogP contribution >= 0.6 is 22.6 Å². The molecule has 0 bridgehead atoms. The van der Waals surface area contributed by atoms with Gasteiger partial charge >= 0.3 is 5.97 Å². The second-order valence-electron chi connectivity index (χ2n) is 4.83. The van der Waals surface area contributed by atoms with Gasteiger partial charge < -0.3 is 9.84 Å². The number of hydrogen-bond acceptors (Lipinski definition) is 5. The number of hydrogen-bond donors (Lipinski definition) is 1. The Labute approximate surface area is 124 Å². The van der Waals surface area contributed by atoms with Crippen LogP contribution in [-0.2, 0) is 20.9 Å². The van der Waals surface area contributed by atoms with E-state index in [0.29, 0.717) is 6.54 Å². The number of hydroxylamine groups is 2. The minimum absolute atomic E-state index is 0.311. The first kappa shape index (κ1) is 13.3. The van der Waals surface area contributed by atoms with E-state index in [9.17, 15) is 9.90 Å². The third kappa shape index (κ3) is 2.26. The number of aliphatic hydroxyl groups excluding tert-OH is 1. The average Bonchev–Trinajstić information content (AvgIpc) is 2.83. The van der Waals surface area contributed by atoms with Crippen molar-refractivity contribution in [2.45, 2.75) is 31.9 Å². The van der Waals surface area contributed by atoms with Crippen LogP contribution in [0.25, 0.3) is 0 Å². The van der Waals surface area contributed by atoms with E-state index in [4.69, 9.17) is 9.57 Å². The van der Waals surface area contributed by atoms with Crippen LogP contribution in [0, 0.1) is 9.49 Å². The van der Waals surface area contributed by atoms with Crippen LogP contribution in [0.4, 0.5) is 0 Å². The smallest absolute Gasteiger partial charge is 0.326 e. The molecule has 5 nitrogen and oxygen atoms in total. The van der Waals surface area contributed by atoms with Gasteiger partial charge in [0.1, 0.15) is 12.1 Å². The SMILES string of the molecule is C[C@@H]1OC(=O)[C@@H]2[C@H]1C(O)ON2Cc1ccccc1I. The number of benzene rings is 1. The van der Waals surface area contributed by atoms with Crippen molar-refractivity contribution in [3.8, 4) is 0 Å². The predicted molar refractivity (Wildman–Crippen MR) is 74.6 cm³/mol. The number of fused-ring (bicyclic) bond motifs is 1. The fraction of sp³-hybridized carbons (Fsp3) is 0.462. The second-order valence-corrected chi connectivity index (χ2v) is 5.99. The van der Waals surface area contributed by atoms with Crippen LogP contribution in [0.1, 0.15) is 12.5 Å². The molecule has 4 atom stereocenters. The number of rotatable bonds is 2. The lowest BCUT2D eigenvalue weighted by Gasteiger charge is -2.19. The Morgan fingerprint density at radius 1 is 1.42 bits per heavy atom. The van der Waals surface area contributed by atoms with Crippen LogP contribution in [0.5, 0.6) is 0 Å². The van der Waals surface area contributed by atoms with Crippen molar-refractivity contribution >= 4 is 28.6 Å². The highest BCUT2D eigenvalue weighted by Gasteiger charge is 2.56. The zero-order chi connectivity index (χ0) is 13.6. The molecule has 1 aromatic rings. The lowest BCUT2D eigenvalue weighted by Crippen LogP contribution is -2.35. The van der Waals surface area contributed by atoms with Gasteiger partial charge in [-0.05, 0) is 41.1 Å². The molecule has 1 aromatic carbocycles. The summed E-state index contributed by atoms with van der Waals surface area (Å²) < 4.78 is 6.27. The number of carbonyl (C=O) groups excluding carboxylic acids is 1. The number of esters is 1. The molecule has 0 spiro atoms. The maximum absolute atomic E-state index is 11.8. The molecule has 0 saturated carbocycles. The number of ether oxygens (including phenoxy) is 1. The normalized spacial score (nSPS) is 34.4. The summed E-state index contributed by atoms with van der Waals surface area (Å²) in [6, 6.07) is 7.36. The summed E-state index contributed by atoms with van der Waals surface area (Å²) in [5.74, 6) is -0.631. The second kappa shape index (κ2) is 5.01. The highest BCUT2D eigenvalue weighted by molar-refractivity contribution is 14.1. The topological polar surface area (TPSA) is 59.0 Å². The lowest BCUT2D eigenvalue weighted by atomic mass is 9.98. The van der Waals surface area contributed by atoms with E-state index in [-0.39, 0.29) is 18.0 Å². The molecule has 1 unspecified atom stereocenters. The van der Waals surface area contributed by atoms with Gasteiger partial charge in [0, 0.05) is 3.57 Å². The largest absolute Gasteiger partial charge is 0.461 e. The third-order valence-electron chi connectivity index (χ3n) is 3.62. The monoisotopic (exact) mass is 375 g/mol. The van der Waals surface area contributed by atoms with Gasteiger partial charge in [0.05, 0.1) is 12.5 Å². The summed E-state index contributed by atoms with van der Waals surface area (Å²) in [5.41, 5.74) is 1.06. The van der Waals surface area contributed by atoms with Crippen molar-refractivity contribution in [1.82, 2.24) is 5.06 Å². The van der Waals surface area contributed by atoms with Gasteiger partial charge in [0.2, 0.25) is 0 Å². The molecular formula is C13H14INO4. The first-order chi connectivity index (χ1) is 9.08. The molecule has 6 heteroatoms. The summed E-state index contributed by atoms with van der Waals surface area (Å²) in [6.45, 7) is 2.24. The fourth-order valence-electron chi connectivity index (χ4n) is 2.65. The Bertz CT molecular complexity index is 509. The molecule has 0 radical (unpaired) electrons. The molecule has 1 N–H and O–H groups in total. The summed E-state index contributed by atoms with van der Waals surface area (Å²) >= 11 is 2.24. The van der Waals surface area contributed by atoms with E-state index in [1.54, 1.807) is 12.0 Å². The fourth-order valence-corrected chi connectivity index (χ4v) is 3.21. The van der Waals surface area contributed by atoms with E-state index >= 15 is 0 Å². The highest BCUT2D eigenvalue weighted by Crippen LogP contribution is 2.37. The van der Waals surface area contributed by atoms with Gasteiger partial charge in [0.25, 0.3) is 0 Å². The molecule has 2 fully saturated rings. The van der Waals surface area contributed by atoms with Crippen molar-refractivity contribution < 1.29 is 19.5 Å². The summed E-state index contributed by atoms with van der Waals surface area (Å²) in [4.78, 5) is 17.3. The Hall–Kier alpha value is -0.700. The Morgan fingerprint density at radius 2 is 2.16 bits per heavy atom. The molecule has 2 heterocycles. The summed E-state index contributed by atoms with van der Waals surface area (Å²) in [6.07, 6.45) is -1.29. The summed E-state index contributed by atoms with van der Waals surface area (Å²) in [7, 11) is 0.